The van der Waals surface area contributed by atoms with Gasteiger partial charge in [-0.3, -0.25) is 9.59 Å². The van der Waals surface area contributed by atoms with Gasteiger partial charge in [-0.15, -0.1) is 0 Å². The first-order chi connectivity index (χ1) is 10.9. The molecule has 0 aromatic heterocycles. The molecular formula is C17H20N2O4. The van der Waals surface area contributed by atoms with Crippen LogP contribution in [0.15, 0.2) is 18.2 Å². The number of esters is 1. The van der Waals surface area contributed by atoms with Crippen molar-refractivity contribution >= 4 is 23.5 Å². The Labute approximate surface area is 134 Å². The number of amides is 2. The zero-order chi connectivity index (χ0) is 16.6. The predicted octanol–water partition coefficient (Wildman–Crippen LogP) is 1.80. The van der Waals surface area contributed by atoms with Crippen molar-refractivity contribution in [2.45, 2.75) is 26.9 Å². The molecule has 1 N–H and O–H groups in total. The quantitative estimate of drug-likeness (QED) is 0.860. The van der Waals surface area contributed by atoms with Crippen LogP contribution in [0.2, 0.25) is 0 Å². The predicted molar refractivity (Wildman–Crippen MR) is 83.7 cm³/mol. The van der Waals surface area contributed by atoms with E-state index in [1.54, 1.807) is 23.1 Å². The van der Waals surface area contributed by atoms with E-state index in [0.717, 1.165) is 5.56 Å². The summed E-state index contributed by atoms with van der Waals surface area (Å²) >= 11 is 0. The highest BCUT2D eigenvalue weighted by Gasteiger charge is 2.34. The van der Waals surface area contributed by atoms with Crippen LogP contribution in [0.3, 0.4) is 0 Å². The van der Waals surface area contributed by atoms with Crippen molar-refractivity contribution in [3.8, 4) is 0 Å². The van der Waals surface area contributed by atoms with Crippen molar-refractivity contribution in [2.75, 3.05) is 18.4 Å². The monoisotopic (exact) mass is 316 g/mol. The van der Waals surface area contributed by atoms with Gasteiger partial charge in [-0.05, 0) is 24.1 Å². The summed E-state index contributed by atoms with van der Waals surface area (Å²) in [6.45, 7) is 5.49. The highest BCUT2D eigenvalue weighted by Crippen LogP contribution is 2.25. The van der Waals surface area contributed by atoms with Crippen molar-refractivity contribution in [1.29, 1.82) is 0 Å². The smallest absolute Gasteiger partial charge is 0.338 e. The number of anilines is 1. The first kappa shape index (κ1) is 15.5. The van der Waals surface area contributed by atoms with Crippen molar-refractivity contribution in [3.05, 3.63) is 29.3 Å². The first-order valence-corrected chi connectivity index (χ1v) is 7.82. The minimum absolute atomic E-state index is 0.0341. The number of rotatable bonds is 4. The second-order valence-corrected chi connectivity index (χ2v) is 6.53. The summed E-state index contributed by atoms with van der Waals surface area (Å²) in [4.78, 5) is 37.5. The fraction of sp³-hybridized carbons (Fsp3) is 0.471. The lowest BCUT2D eigenvalue weighted by molar-refractivity contribution is -0.128. The van der Waals surface area contributed by atoms with Crippen LogP contribution in [0.25, 0.3) is 0 Å². The van der Waals surface area contributed by atoms with E-state index >= 15 is 0 Å². The number of cyclic esters (lactones) is 1. The van der Waals surface area contributed by atoms with Crippen LogP contribution >= 0.6 is 0 Å². The molecule has 1 saturated heterocycles. The molecule has 2 aliphatic heterocycles. The molecule has 0 spiro atoms. The molecule has 1 fully saturated rings. The SMILES string of the molecule is CC(C)CN1CC(C(=O)Nc2ccc3c(c2)COC3=O)CC1=O. The average Bonchev–Trinajstić information content (AvgIpc) is 3.03. The van der Waals surface area contributed by atoms with Gasteiger partial charge in [0.05, 0.1) is 11.5 Å². The molecule has 1 aromatic rings. The summed E-state index contributed by atoms with van der Waals surface area (Å²) in [5, 5.41) is 2.84. The van der Waals surface area contributed by atoms with E-state index in [1.165, 1.54) is 0 Å². The van der Waals surface area contributed by atoms with Gasteiger partial charge in [-0.1, -0.05) is 13.8 Å². The maximum atomic E-state index is 12.4. The number of nitrogens with zero attached hydrogens (tertiary/aromatic N) is 1. The largest absolute Gasteiger partial charge is 0.457 e. The highest BCUT2D eigenvalue weighted by molar-refractivity contribution is 5.98. The van der Waals surface area contributed by atoms with Gasteiger partial charge in [0.15, 0.2) is 0 Å². The maximum Gasteiger partial charge on any atom is 0.338 e. The Bertz CT molecular complexity index is 669. The Morgan fingerprint density at radius 3 is 2.91 bits per heavy atom. The summed E-state index contributed by atoms with van der Waals surface area (Å²) in [5.74, 6) is -0.396. The molecule has 6 heteroatoms. The molecular weight excluding hydrogens is 296 g/mol. The van der Waals surface area contributed by atoms with Gasteiger partial charge in [0.25, 0.3) is 0 Å². The van der Waals surface area contributed by atoms with Crippen LogP contribution in [0.4, 0.5) is 5.69 Å². The third-order valence-electron chi connectivity index (χ3n) is 4.12. The van der Waals surface area contributed by atoms with Gasteiger partial charge in [0, 0.05) is 30.8 Å². The van der Waals surface area contributed by atoms with Crippen LogP contribution in [0.5, 0.6) is 0 Å². The lowest BCUT2D eigenvalue weighted by atomic mass is 10.1. The fourth-order valence-corrected chi connectivity index (χ4v) is 3.02. The molecule has 0 aliphatic carbocycles. The highest BCUT2D eigenvalue weighted by atomic mass is 16.5. The van der Waals surface area contributed by atoms with Crippen LogP contribution in [-0.4, -0.2) is 35.8 Å². The Kier molecular flexibility index (Phi) is 4.07. The first-order valence-electron chi connectivity index (χ1n) is 7.82. The van der Waals surface area contributed by atoms with Crippen LogP contribution in [-0.2, 0) is 20.9 Å². The summed E-state index contributed by atoms with van der Waals surface area (Å²) in [7, 11) is 0. The molecule has 2 amide bonds. The molecule has 2 aliphatic rings. The Morgan fingerprint density at radius 1 is 1.39 bits per heavy atom. The molecule has 6 nitrogen and oxygen atoms in total. The van der Waals surface area contributed by atoms with Crippen molar-refractivity contribution in [3.63, 3.8) is 0 Å². The fourth-order valence-electron chi connectivity index (χ4n) is 3.02. The number of fused-ring (bicyclic) bond motifs is 1. The molecule has 3 rings (SSSR count). The Balaban J connectivity index is 1.64. The molecule has 1 unspecified atom stereocenters. The summed E-state index contributed by atoms with van der Waals surface area (Å²) in [5.41, 5.74) is 1.95. The normalized spacial score (nSPS) is 20.0. The minimum Gasteiger partial charge on any atom is -0.457 e. The summed E-state index contributed by atoms with van der Waals surface area (Å²) < 4.78 is 4.95. The van der Waals surface area contributed by atoms with Crippen molar-refractivity contribution < 1.29 is 19.1 Å². The van der Waals surface area contributed by atoms with E-state index in [0.29, 0.717) is 30.3 Å². The van der Waals surface area contributed by atoms with Crippen LogP contribution in [0.1, 0.15) is 36.2 Å². The zero-order valence-electron chi connectivity index (χ0n) is 13.3. The van der Waals surface area contributed by atoms with Gasteiger partial charge >= 0.3 is 5.97 Å². The Hall–Kier alpha value is -2.37. The zero-order valence-corrected chi connectivity index (χ0v) is 13.3. The molecule has 122 valence electrons. The number of carbonyl (C=O) groups excluding carboxylic acids is 3. The summed E-state index contributed by atoms with van der Waals surface area (Å²) in [6, 6.07) is 5.10. The van der Waals surface area contributed by atoms with Crippen molar-refractivity contribution in [2.24, 2.45) is 11.8 Å². The second kappa shape index (κ2) is 6.02. The van der Waals surface area contributed by atoms with E-state index in [9.17, 15) is 14.4 Å². The molecule has 2 heterocycles. The van der Waals surface area contributed by atoms with Gasteiger partial charge in [0.2, 0.25) is 11.8 Å². The van der Waals surface area contributed by atoms with E-state index in [-0.39, 0.29) is 36.7 Å². The molecule has 1 aromatic carbocycles. The molecule has 23 heavy (non-hydrogen) atoms. The topological polar surface area (TPSA) is 75.7 Å². The molecule has 0 saturated carbocycles. The standard InChI is InChI=1S/C17H20N2O4/c1-10(2)7-19-8-11(6-15(19)20)16(21)18-13-3-4-14-12(5-13)9-23-17(14)22/h3-5,10-11H,6-9H2,1-2H3,(H,18,21). The third kappa shape index (κ3) is 3.21. The number of hydrogen-bond acceptors (Lipinski definition) is 4. The molecule has 0 bridgehead atoms. The number of nitrogens with one attached hydrogen (secondary N) is 1. The number of carbonyl (C=O) groups is 3. The van der Waals surface area contributed by atoms with E-state index < -0.39 is 0 Å². The molecule has 0 radical (unpaired) electrons. The second-order valence-electron chi connectivity index (χ2n) is 6.53. The van der Waals surface area contributed by atoms with Gasteiger partial charge < -0.3 is 15.0 Å². The average molecular weight is 316 g/mol. The third-order valence-corrected chi connectivity index (χ3v) is 4.12. The number of likely N-dealkylation sites (tertiary alicyclic amines) is 1. The van der Waals surface area contributed by atoms with Gasteiger partial charge in [-0.25, -0.2) is 4.79 Å². The van der Waals surface area contributed by atoms with Crippen LogP contribution in [0, 0.1) is 11.8 Å². The van der Waals surface area contributed by atoms with Gasteiger partial charge in [-0.2, -0.15) is 0 Å². The number of ether oxygens (including phenoxy) is 1. The minimum atomic E-state index is -0.330. The Morgan fingerprint density at radius 2 is 2.17 bits per heavy atom. The number of hydrogen-bond donors (Lipinski definition) is 1. The lowest BCUT2D eigenvalue weighted by Gasteiger charge is -2.18. The van der Waals surface area contributed by atoms with Crippen LogP contribution < -0.4 is 5.32 Å². The lowest BCUT2D eigenvalue weighted by Crippen LogP contribution is -2.31. The maximum absolute atomic E-state index is 12.4. The van der Waals surface area contributed by atoms with Gasteiger partial charge in [0.1, 0.15) is 6.61 Å². The van der Waals surface area contributed by atoms with E-state index in [4.69, 9.17) is 4.74 Å². The van der Waals surface area contributed by atoms with E-state index in [1.807, 2.05) is 0 Å². The van der Waals surface area contributed by atoms with Crippen molar-refractivity contribution in [1.82, 2.24) is 4.90 Å². The molecule has 1 atom stereocenters. The number of benzene rings is 1. The summed E-state index contributed by atoms with van der Waals surface area (Å²) in [6.07, 6.45) is 0.255. The van der Waals surface area contributed by atoms with E-state index in [2.05, 4.69) is 19.2 Å².